The highest BCUT2D eigenvalue weighted by atomic mass is 79.9. The molecule has 0 aromatic rings. The van der Waals surface area contributed by atoms with Gasteiger partial charge in [0.15, 0.2) is 0 Å². The summed E-state index contributed by atoms with van der Waals surface area (Å²) >= 11 is 3.77. The van der Waals surface area contributed by atoms with Crippen molar-refractivity contribution in [3.63, 3.8) is 0 Å². The third-order valence-electron chi connectivity index (χ3n) is 10.1. The molecular weight excluding hydrogens is 416 g/mol. The smallest absolute Gasteiger partial charge is 0.303 e. The molecule has 0 spiro atoms. The number of aliphatic carboxylic acids is 1. The Hall–Kier alpha value is -0.380. The molecule has 9 atom stereocenters. The average Bonchev–Trinajstić information content (AvgIpc) is 3.00. The van der Waals surface area contributed by atoms with Crippen LogP contribution in [-0.2, 0) is 9.59 Å². The molecule has 4 saturated carbocycles. The van der Waals surface area contributed by atoms with E-state index >= 15 is 0 Å². The summed E-state index contributed by atoms with van der Waals surface area (Å²) in [6.07, 6.45) is 10.7. The van der Waals surface area contributed by atoms with Gasteiger partial charge >= 0.3 is 5.97 Å². The quantitative estimate of drug-likeness (QED) is 0.524. The van der Waals surface area contributed by atoms with Gasteiger partial charge in [-0.2, -0.15) is 0 Å². The van der Waals surface area contributed by atoms with E-state index in [1.807, 2.05) is 0 Å². The maximum absolute atomic E-state index is 12.3. The van der Waals surface area contributed by atoms with E-state index in [2.05, 4.69) is 36.7 Å². The number of hydrogen-bond acceptors (Lipinski definition) is 2. The summed E-state index contributed by atoms with van der Waals surface area (Å²) in [6, 6.07) is 0. The fourth-order valence-corrected chi connectivity index (χ4v) is 9.72. The number of halogens is 1. The minimum absolute atomic E-state index is 0.0767. The SMILES string of the molecule is C[C@@H](CCC(=O)O)[C@@H]1CC[C@@H]2[C@H]3CC[C@H]4[C@H](Br)C(=O)CC[C@]4(C)[C@@H]3CC[C@]21C. The van der Waals surface area contributed by atoms with Crippen molar-refractivity contribution in [1.82, 2.24) is 0 Å². The fourth-order valence-electron chi connectivity index (χ4n) is 8.62. The van der Waals surface area contributed by atoms with Crippen LogP contribution in [0.25, 0.3) is 0 Å². The van der Waals surface area contributed by atoms with Gasteiger partial charge < -0.3 is 5.11 Å². The molecule has 4 fully saturated rings. The number of carbonyl (C=O) groups excluding carboxylic acids is 1. The Labute approximate surface area is 178 Å². The largest absolute Gasteiger partial charge is 0.481 e. The third-order valence-corrected chi connectivity index (χ3v) is 11.2. The molecule has 0 unspecified atom stereocenters. The first-order chi connectivity index (χ1) is 13.2. The summed E-state index contributed by atoms with van der Waals surface area (Å²) in [5.41, 5.74) is 0.708. The van der Waals surface area contributed by atoms with Crippen LogP contribution in [0.3, 0.4) is 0 Å². The van der Waals surface area contributed by atoms with E-state index in [1.54, 1.807) is 0 Å². The van der Waals surface area contributed by atoms with Crippen LogP contribution in [0, 0.1) is 46.3 Å². The lowest BCUT2D eigenvalue weighted by Gasteiger charge is -2.61. The van der Waals surface area contributed by atoms with Gasteiger partial charge in [-0.05, 0) is 97.7 Å². The van der Waals surface area contributed by atoms with Gasteiger partial charge in [0.1, 0.15) is 5.78 Å². The monoisotopic (exact) mass is 452 g/mol. The first kappa shape index (κ1) is 20.9. The van der Waals surface area contributed by atoms with Gasteiger partial charge in [0.25, 0.3) is 0 Å². The highest BCUT2D eigenvalue weighted by molar-refractivity contribution is 9.10. The summed E-state index contributed by atoms with van der Waals surface area (Å²) in [7, 11) is 0. The van der Waals surface area contributed by atoms with Crippen molar-refractivity contribution in [1.29, 1.82) is 0 Å². The second-order valence-corrected chi connectivity index (χ2v) is 12.1. The molecule has 0 saturated heterocycles. The number of hydrogen-bond donors (Lipinski definition) is 1. The molecule has 0 amide bonds. The Morgan fingerprint density at radius 3 is 2.46 bits per heavy atom. The number of rotatable bonds is 4. The van der Waals surface area contributed by atoms with E-state index in [9.17, 15) is 9.59 Å². The summed E-state index contributed by atoms with van der Waals surface area (Å²) in [4.78, 5) is 23.5. The van der Waals surface area contributed by atoms with Crippen LogP contribution in [0.5, 0.6) is 0 Å². The Kier molecular flexibility index (Phi) is 5.51. The van der Waals surface area contributed by atoms with Crippen LogP contribution >= 0.6 is 15.9 Å². The van der Waals surface area contributed by atoms with Gasteiger partial charge in [0, 0.05) is 12.8 Å². The molecule has 0 radical (unpaired) electrons. The molecule has 4 rings (SSSR count). The summed E-state index contributed by atoms with van der Waals surface area (Å²) in [6.45, 7) is 7.34. The highest BCUT2D eigenvalue weighted by Crippen LogP contribution is 2.68. The van der Waals surface area contributed by atoms with Crippen LogP contribution in [0.4, 0.5) is 0 Å². The molecule has 0 bridgehead atoms. The number of fused-ring (bicyclic) bond motifs is 5. The molecule has 3 nitrogen and oxygen atoms in total. The number of Topliss-reactive ketones (excluding diaryl/α,β-unsaturated/α-hetero) is 1. The molecule has 4 aliphatic rings. The Morgan fingerprint density at radius 2 is 1.75 bits per heavy atom. The molecular formula is C24H37BrO3. The van der Waals surface area contributed by atoms with Crippen LogP contribution in [0.2, 0.25) is 0 Å². The van der Waals surface area contributed by atoms with Crippen molar-refractivity contribution in [3.8, 4) is 0 Å². The van der Waals surface area contributed by atoms with E-state index in [-0.39, 0.29) is 4.83 Å². The lowest BCUT2D eigenvalue weighted by atomic mass is 9.44. The standard InChI is InChI=1S/C24H37BrO3/c1-14(4-9-21(27)28)16-7-8-17-15-5-6-19-22(25)20(26)11-13-24(19,3)18(15)10-12-23(16,17)2/h14-19,22H,4-13H2,1-3H3,(H,27,28)/t14-,15+,16-,17+,18+,19-,22-,23-,24+/m0/s1. The first-order valence-electron chi connectivity index (χ1n) is 11.6. The zero-order valence-electron chi connectivity index (χ0n) is 17.8. The number of carboxylic acids is 1. The van der Waals surface area contributed by atoms with Crippen molar-refractivity contribution in [2.24, 2.45) is 46.3 Å². The summed E-state index contributed by atoms with van der Waals surface area (Å²) in [5.74, 6) is 3.86. The molecule has 1 N–H and O–H groups in total. The van der Waals surface area contributed by atoms with Gasteiger partial charge in [-0.3, -0.25) is 9.59 Å². The van der Waals surface area contributed by atoms with Crippen molar-refractivity contribution in [3.05, 3.63) is 0 Å². The zero-order chi connectivity index (χ0) is 20.3. The Morgan fingerprint density at radius 1 is 1.07 bits per heavy atom. The minimum atomic E-state index is -0.655. The van der Waals surface area contributed by atoms with Gasteiger partial charge in [-0.15, -0.1) is 0 Å². The normalized spacial score (nSPS) is 49.1. The van der Waals surface area contributed by atoms with Crippen molar-refractivity contribution in [2.45, 2.75) is 89.8 Å². The fraction of sp³-hybridized carbons (Fsp3) is 0.917. The number of carboxylic acid groups (broad SMARTS) is 1. The molecule has 0 aromatic heterocycles. The van der Waals surface area contributed by atoms with Crippen LogP contribution in [-0.4, -0.2) is 21.7 Å². The Balaban J connectivity index is 1.53. The predicted molar refractivity (Wildman–Crippen MR) is 114 cm³/mol. The van der Waals surface area contributed by atoms with Gasteiger partial charge in [-0.1, -0.05) is 36.7 Å². The molecule has 4 heteroatoms. The molecule has 158 valence electrons. The first-order valence-corrected chi connectivity index (χ1v) is 12.5. The molecule has 0 aromatic carbocycles. The zero-order valence-corrected chi connectivity index (χ0v) is 19.3. The Bertz CT molecular complexity index is 648. The van der Waals surface area contributed by atoms with Crippen molar-refractivity contribution >= 4 is 27.7 Å². The number of alkyl halides is 1. The highest BCUT2D eigenvalue weighted by Gasteiger charge is 2.61. The second kappa shape index (κ2) is 7.39. The topological polar surface area (TPSA) is 54.4 Å². The van der Waals surface area contributed by atoms with Crippen LogP contribution < -0.4 is 0 Å². The van der Waals surface area contributed by atoms with E-state index in [1.165, 1.54) is 38.5 Å². The average molecular weight is 453 g/mol. The molecule has 0 aliphatic heterocycles. The molecule has 4 aliphatic carbocycles. The maximum Gasteiger partial charge on any atom is 0.303 e. The van der Waals surface area contributed by atoms with Crippen molar-refractivity contribution in [2.75, 3.05) is 0 Å². The van der Waals surface area contributed by atoms with E-state index in [0.29, 0.717) is 40.8 Å². The lowest BCUT2D eigenvalue weighted by molar-refractivity contribution is -0.139. The maximum atomic E-state index is 12.3. The lowest BCUT2D eigenvalue weighted by Crippen LogP contribution is -2.56. The van der Waals surface area contributed by atoms with Gasteiger partial charge in [0.05, 0.1) is 4.83 Å². The summed E-state index contributed by atoms with van der Waals surface area (Å²) in [5, 5.41) is 9.11. The molecule has 0 heterocycles. The second-order valence-electron chi connectivity index (χ2n) is 11.1. The van der Waals surface area contributed by atoms with Gasteiger partial charge in [0.2, 0.25) is 0 Å². The molecule has 28 heavy (non-hydrogen) atoms. The summed E-state index contributed by atoms with van der Waals surface area (Å²) < 4.78 is 0. The third kappa shape index (κ3) is 3.11. The van der Waals surface area contributed by atoms with E-state index in [4.69, 9.17) is 5.11 Å². The van der Waals surface area contributed by atoms with E-state index < -0.39 is 5.97 Å². The number of carbonyl (C=O) groups is 2. The number of ketones is 1. The van der Waals surface area contributed by atoms with Gasteiger partial charge in [-0.25, -0.2) is 0 Å². The van der Waals surface area contributed by atoms with Crippen LogP contribution in [0.15, 0.2) is 0 Å². The van der Waals surface area contributed by atoms with Crippen molar-refractivity contribution < 1.29 is 14.7 Å². The minimum Gasteiger partial charge on any atom is -0.481 e. The predicted octanol–water partition coefficient (Wildman–Crippen LogP) is 6.09. The van der Waals surface area contributed by atoms with Crippen LogP contribution in [0.1, 0.15) is 85.0 Å². The van der Waals surface area contributed by atoms with E-state index in [0.717, 1.165) is 37.0 Å².